The highest BCUT2D eigenvalue weighted by Gasteiger charge is 2.45. The number of aliphatic hydroxyl groups excluding tert-OH is 2. The van der Waals surface area contributed by atoms with E-state index in [4.69, 9.17) is 9.84 Å². The topological polar surface area (TPSA) is 61.7 Å². The van der Waals surface area contributed by atoms with E-state index < -0.39 is 6.10 Å². The van der Waals surface area contributed by atoms with Crippen LogP contribution in [-0.2, 0) is 4.74 Å². The summed E-state index contributed by atoms with van der Waals surface area (Å²) in [6.45, 7) is 8.43. The third-order valence-electron chi connectivity index (χ3n) is 2.88. The molecule has 1 saturated heterocycles. The van der Waals surface area contributed by atoms with Crippen LogP contribution in [0.25, 0.3) is 0 Å². The van der Waals surface area contributed by atoms with E-state index in [0.29, 0.717) is 6.54 Å². The Kier molecular flexibility index (Phi) is 3.76. The lowest BCUT2D eigenvalue weighted by molar-refractivity contribution is -0.0704. The summed E-state index contributed by atoms with van der Waals surface area (Å²) in [4.78, 5) is 0. The van der Waals surface area contributed by atoms with E-state index in [1.54, 1.807) is 0 Å². The number of rotatable bonds is 4. The van der Waals surface area contributed by atoms with E-state index in [-0.39, 0.29) is 23.9 Å². The van der Waals surface area contributed by atoms with Crippen LogP contribution in [-0.4, -0.2) is 46.7 Å². The fourth-order valence-corrected chi connectivity index (χ4v) is 2.22. The van der Waals surface area contributed by atoms with Crippen molar-refractivity contribution in [1.82, 2.24) is 5.32 Å². The molecule has 0 radical (unpaired) electrons. The molecule has 1 heterocycles. The Labute approximate surface area is 91.6 Å². The average Bonchev–Trinajstić information content (AvgIpc) is 2.29. The van der Waals surface area contributed by atoms with Crippen LogP contribution in [0.5, 0.6) is 0 Å². The van der Waals surface area contributed by atoms with Gasteiger partial charge in [-0.25, -0.2) is 0 Å². The van der Waals surface area contributed by atoms with E-state index in [2.05, 4.69) is 19.2 Å². The molecule has 0 aromatic heterocycles. The maximum atomic E-state index is 9.27. The van der Waals surface area contributed by atoms with Crippen molar-refractivity contribution in [2.24, 2.45) is 0 Å². The standard InChI is InChI=1S/C11H23NO3/c1-10(2)5-9(11(3,4)15-10)12-6-8(14)7-13/h8-9,12-14H,5-7H2,1-4H3. The second kappa shape index (κ2) is 4.37. The molecule has 0 aromatic carbocycles. The quantitative estimate of drug-likeness (QED) is 0.633. The van der Waals surface area contributed by atoms with Crippen LogP contribution in [0.4, 0.5) is 0 Å². The molecule has 3 N–H and O–H groups in total. The molecule has 1 rings (SSSR count). The number of hydrogen-bond donors (Lipinski definition) is 3. The smallest absolute Gasteiger partial charge is 0.0895 e. The Bertz CT molecular complexity index is 216. The van der Waals surface area contributed by atoms with Crippen LogP contribution in [0.1, 0.15) is 34.1 Å². The first-order valence-electron chi connectivity index (χ1n) is 5.49. The third-order valence-corrected chi connectivity index (χ3v) is 2.88. The molecule has 0 bridgehead atoms. The molecular formula is C11H23NO3. The predicted molar refractivity (Wildman–Crippen MR) is 58.7 cm³/mol. The van der Waals surface area contributed by atoms with Gasteiger partial charge in [-0.1, -0.05) is 0 Å². The Balaban J connectivity index is 2.48. The van der Waals surface area contributed by atoms with Crippen LogP contribution in [0, 0.1) is 0 Å². The number of aliphatic hydroxyl groups is 2. The number of ether oxygens (including phenoxy) is 1. The van der Waals surface area contributed by atoms with Gasteiger partial charge in [0, 0.05) is 12.6 Å². The normalized spacial score (nSPS) is 30.4. The molecule has 0 aromatic rings. The minimum Gasteiger partial charge on any atom is -0.394 e. The van der Waals surface area contributed by atoms with Gasteiger partial charge >= 0.3 is 0 Å². The van der Waals surface area contributed by atoms with Crippen molar-refractivity contribution in [2.45, 2.75) is 57.5 Å². The Morgan fingerprint density at radius 2 is 2.00 bits per heavy atom. The van der Waals surface area contributed by atoms with Gasteiger partial charge in [0.2, 0.25) is 0 Å². The predicted octanol–water partition coefficient (Wildman–Crippen LogP) is 0.275. The van der Waals surface area contributed by atoms with E-state index in [9.17, 15) is 5.11 Å². The van der Waals surface area contributed by atoms with Crippen molar-refractivity contribution in [3.8, 4) is 0 Å². The zero-order chi connectivity index (χ0) is 11.7. The van der Waals surface area contributed by atoms with Crippen molar-refractivity contribution < 1.29 is 14.9 Å². The minimum absolute atomic E-state index is 0.120. The largest absolute Gasteiger partial charge is 0.394 e. The molecular weight excluding hydrogens is 194 g/mol. The van der Waals surface area contributed by atoms with Crippen LogP contribution in [0.3, 0.4) is 0 Å². The molecule has 15 heavy (non-hydrogen) atoms. The van der Waals surface area contributed by atoms with Gasteiger partial charge in [-0.2, -0.15) is 0 Å². The Morgan fingerprint density at radius 1 is 1.40 bits per heavy atom. The van der Waals surface area contributed by atoms with Crippen molar-refractivity contribution in [2.75, 3.05) is 13.2 Å². The zero-order valence-corrected chi connectivity index (χ0v) is 10.1. The van der Waals surface area contributed by atoms with Crippen LogP contribution >= 0.6 is 0 Å². The van der Waals surface area contributed by atoms with Gasteiger partial charge < -0.3 is 20.3 Å². The molecule has 1 aliphatic heterocycles. The highest BCUT2D eigenvalue weighted by molar-refractivity contribution is 4.98. The molecule has 0 aliphatic carbocycles. The van der Waals surface area contributed by atoms with E-state index in [1.165, 1.54) is 0 Å². The lowest BCUT2D eigenvalue weighted by Gasteiger charge is -2.28. The summed E-state index contributed by atoms with van der Waals surface area (Å²) in [5.74, 6) is 0. The monoisotopic (exact) mass is 217 g/mol. The molecule has 2 unspecified atom stereocenters. The summed E-state index contributed by atoms with van der Waals surface area (Å²) >= 11 is 0. The van der Waals surface area contributed by atoms with Gasteiger partial charge in [-0.3, -0.25) is 0 Å². The third kappa shape index (κ3) is 3.41. The van der Waals surface area contributed by atoms with Crippen LogP contribution in [0.15, 0.2) is 0 Å². The first kappa shape index (κ1) is 12.9. The molecule has 0 spiro atoms. The Morgan fingerprint density at radius 3 is 2.40 bits per heavy atom. The van der Waals surface area contributed by atoms with Gasteiger partial charge in [-0.05, 0) is 34.1 Å². The second-order valence-electron chi connectivity index (χ2n) is 5.47. The first-order chi connectivity index (χ1) is 6.77. The van der Waals surface area contributed by atoms with E-state index in [1.807, 2.05) is 13.8 Å². The van der Waals surface area contributed by atoms with E-state index >= 15 is 0 Å². The first-order valence-corrected chi connectivity index (χ1v) is 5.49. The molecule has 1 aliphatic rings. The fraction of sp³-hybridized carbons (Fsp3) is 1.00. The summed E-state index contributed by atoms with van der Waals surface area (Å²) in [5, 5.41) is 21.2. The van der Waals surface area contributed by atoms with Gasteiger partial charge in [0.25, 0.3) is 0 Å². The molecule has 4 heteroatoms. The Hall–Kier alpha value is -0.160. The summed E-state index contributed by atoms with van der Waals surface area (Å²) in [5.41, 5.74) is -0.343. The average molecular weight is 217 g/mol. The highest BCUT2D eigenvalue weighted by Crippen LogP contribution is 2.37. The van der Waals surface area contributed by atoms with Crippen LogP contribution < -0.4 is 5.32 Å². The molecule has 0 saturated carbocycles. The van der Waals surface area contributed by atoms with Crippen molar-refractivity contribution in [3.05, 3.63) is 0 Å². The fourth-order valence-electron chi connectivity index (χ4n) is 2.22. The van der Waals surface area contributed by atoms with E-state index in [0.717, 1.165) is 6.42 Å². The number of nitrogens with one attached hydrogen (secondary N) is 1. The maximum Gasteiger partial charge on any atom is 0.0895 e. The van der Waals surface area contributed by atoms with Crippen molar-refractivity contribution >= 4 is 0 Å². The molecule has 0 amide bonds. The lowest BCUT2D eigenvalue weighted by atomic mass is 9.94. The van der Waals surface area contributed by atoms with Crippen molar-refractivity contribution in [1.29, 1.82) is 0 Å². The zero-order valence-electron chi connectivity index (χ0n) is 10.1. The molecule has 90 valence electrons. The maximum absolute atomic E-state index is 9.27. The van der Waals surface area contributed by atoms with Gasteiger partial charge in [-0.15, -0.1) is 0 Å². The summed E-state index contributed by atoms with van der Waals surface area (Å²) < 4.78 is 5.91. The highest BCUT2D eigenvalue weighted by atomic mass is 16.5. The van der Waals surface area contributed by atoms with Crippen molar-refractivity contribution in [3.63, 3.8) is 0 Å². The van der Waals surface area contributed by atoms with Gasteiger partial charge in [0.1, 0.15) is 0 Å². The summed E-state index contributed by atoms with van der Waals surface area (Å²) in [6, 6.07) is 0.216. The lowest BCUT2D eigenvalue weighted by Crippen LogP contribution is -2.46. The summed E-state index contributed by atoms with van der Waals surface area (Å²) in [7, 11) is 0. The van der Waals surface area contributed by atoms with Gasteiger partial charge in [0.15, 0.2) is 0 Å². The summed E-state index contributed by atoms with van der Waals surface area (Å²) in [6.07, 6.45) is 0.225. The van der Waals surface area contributed by atoms with Crippen LogP contribution in [0.2, 0.25) is 0 Å². The SMILES string of the molecule is CC1(C)CC(NCC(O)CO)C(C)(C)O1. The molecule has 1 fully saturated rings. The second-order valence-corrected chi connectivity index (χ2v) is 5.47. The molecule has 4 nitrogen and oxygen atoms in total. The number of hydrogen-bond acceptors (Lipinski definition) is 4. The molecule has 2 atom stereocenters. The minimum atomic E-state index is -0.690. The van der Waals surface area contributed by atoms with Gasteiger partial charge in [0.05, 0.1) is 23.9 Å².